The van der Waals surface area contributed by atoms with Gasteiger partial charge in [0.15, 0.2) is 0 Å². The van der Waals surface area contributed by atoms with E-state index < -0.39 is 12.0 Å². The third-order valence-electron chi connectivity index (χ3n) is 1.54. The summed E-state index contributed by atoms with van der Waals surface area (Å²) >= 11 is 0. The first kappa shape index (κ1) is 5.95. The molecule has 1 nitrogen and oxygen atoms in total. The number of rotatable bonds is 0. The Morgan fingerprint density at radius 3 is 2.38 bits per heavy atom. The Balaban J connectivity index is 2.54. The highest BCUT2D eigenvalue weighted by Crippen LogP contribution is 2.26. The van der Waals surface area contributed by atoms with Gasteiger partial charge < -0.3 is 5.32 Å². The molecule has 0 spiro atoms. The second-order valence-electron chi connectivity index (χ2n) is 2.19. The standard InChI is InChI=1S/C5H9F2N/c1-4-5(6,7)2-3-8-4/h4,8H,2-3H2,1H3/t4-/m0/s1. The average molecular weight is 121 g/mol. The zero-order valence-electron chi connectivity index (χ0n) is 4.75. The predicted molar refractivity (Wildman–Crippen MR) is 27.0 cm³/mol. The highest BCUT2D eigenvalue weighted by atomic mass is 19.3. The summed E-state index contributed by atoms with van der Waals surface area (Å²) in [6, 6.07) is -0.623. The normalized spacial score (nSPS) is 35.6. The molecule has 3 heteroatoms. The zero-order chi connectivity index (χ0) is 6.20. The molecule has 0 unspecified atom stereocenters. The lowest BCUT2D eigenvalue weighted by molar-refractivity contribution is -0.00534. The molecule has 0 aromatic carbocycles. The van der Waals surface area contributed by atoms with Gasteiger partial charge in [-0.15, -0.1) is 0 Å². The lowest BCUT2D eigenvalue weighted by Gasteiger charge is -2.12. The van der Waals surface area contributed by atoms with Crippen LogP contribution in [-0.4, -0.2) is 18.5 Å². The first-order chi connectivity index (χ1) is 3.63. The van der Waals surface area contributed by atoms with Gasteiger partial charge in [0.2, 0.25) is 0 Å². The number of alkyl halides is 2. The molecule has 48 valence electrons. The molecule has 1 N–H and O–H groups in total. The van der Waals surface area contributed by atoms with Crippen molar-refractivity contribution in [2.24, 2.45) is 0 Å². The summed E-state index contributed by atoms with van der Waals surface area (Å²) in [5, 5.41) is 2.66. The molecule has 0 bridgehead atoms. The second kappa shape index (κ2) is 1.65. The molecule has 1 heterocycles. The Morgan fingerprint density at radius 1 is 1.62 bits per heavy atom. The molecule has 0 aliphatic carbocycles. The van der Waals surface area contributed by atoms with Crippen LogP contribution in [0.1, 0.15) is 13.3 Å². The third kappa shape index (κ3) is 0.823. The van der Waals surface area contributed by atoms with Gasteiger partial charge in [-0.25, -0.2) is 8.78 Å². The first-order valence-electron chi connectivity index (χ1n) is 2.74. The molecule has 0 aromatic rings. The smallest absolute Gasteiger partial charge is 0.264 e. The van der Waals surface area contributed by atoms with E-state index in [2.05, 4.69) is 5.32 Å². The van der Waals surface area contributed by atoms with Crippen LogP contribution in [0.3, 0.4) is 0 Å². The summed E-state index contributed by atoms with van der Waals surface area (Å²) in [6.07, 6.45) is -0.00579. The average Bonchev–Trinajstić information content (AvgIpc) is 1.86. The van der Waals surface area contributed by atoms with Crippen molar-refractivity contribution in [3.63, 3.8) is 0 Å². The number of nitrogens with one attached hydrogen (secondary N) is 1. The van der Waals surface area contributed by atoms with Crippen LogP contribution < -0.4 is 5.32 Å². The fraction of sp³-hybridized carbons (Fsp3) is 1.00. The van der Waals surface area contributed by atoms with Crippen molar-refractivity contribution >= 4 is 0 Å². The van der Waals surface area contributed by atoms with Crippen molar-refractivity contribution in [1.29, 1.82) is 0 Å². The third-order valence-corrected chi connectivity index (χ3v) is 1.54. The van der Waals surface area contributed by atoms with Crippen LogP contribution in [-0.2, 0) is 0 Å². The van der Waals surface area contributed by atoms with E-state index in [1.165, 1.54) is 6.92 Å². The highest BCUT2D eigenvalue weighted by molar-refractivity contribution is 4.86. The number of hydrogen-bond acceptors (Lipinski definition) is 1. The van der Waals surface area contributed by atoms with E-state index in [1.807, 2.05) is 0 Å². The van der Waals surface area contributed by atoms with Crippen LogP contribution in [0.4, 0.5) is 8.78 Å². The largest absolute Gasteiger partial charge is 0.309 e. The maximum absolute atomic E-state index is 12.3. The fourth-order valence-corrected chi connectivity index (χ4v) is 0.821. The topological polar surface area (TPSA) is 12.0 Å². The van der Waals surface area contributed by atoms with Crippen LogP contribution in [0.15, 0.2) is 0 Å². The summed E-state index contributed by atoms with van der Waals surface area (Å²) in [6.45, 7) is 1.96. The SMILES string of the molecule is C[C@@H]1NCCC1(F)F. The van der Waals surface area contributed by atoms with E-state index in [0.29, 0.717) is 6.54 Å². The molecule has 1 fully saturated rings. The minimum Gasteiger partial charge on any atom is -0.309 e. The van der Waals surface area contributed by atoms with E-state index in [1.54, 1.807) is 0 Å². The van der Waals surface area contributed by atoms with E-state index in [-0.39, 0.29) is 6.42 Å². The lowest BCUT2D eigenvalue weighted by Crippen LogP contribution is -2.31. The Labute approximate surface area is 47.1 Å². The molecule has 1 aliphatic heterocycles. The quantitative estimate of drug-likeness (QED) is 0.504. The van der Waals surface area contributed by atoms with E-state index in [4.69, 9.17) is 0 Å². The molecule has 1 atom stereocenters. The summed E-state index contributed by atoms with van der Waals surface area (Å²) in [7, 11) is 0. The maximum atomic E-state index is 12.3. The maximum Gasteiger partial charge on any atom is 0.264 e. The number of hydrogen-bond donors (Lipinski definition) is 1. The molecule has 0 aromatic heterocycles. The van der Waals surface area contributed by atoms with Gasteiger partial charge in [0, 0.05) is 13.0 Å². The van der Waals surface area contributed by atoms with Crippen LogP contribution in [0, 0.1) is 0 Å². The molecular weight excluding hydrogens is 112 g/mol. The van der Waals surface area contributed by atoms with E-state index in [9.17, 15) is 8.78 Å². The van der Waals surface area contributed by atoms with Gasteiger partial charge in [-0.3, -0.25) is 0 Å². The monoisotopic (exact) mass is 121 g/mol. The first-order valence-corrected chi connectivity index (χ1v) is 2.74. The van der Waals surface area contributed by atoms with Gasteiger partial charge in [-0.1, -0.05) is 0 Å². The van der Waals surface area contributed by atoms with Crippen molar-refractivity contribution < 1.29 is 8.78 Å². The Morgan fingerprint density at radius 2 is 2.25 bits per heavy atom. The van der Waals surface area contributed by atoms with Gasteiger partial charge in [-0.2, -0.15) is 0 Å². The van der Waals surface area contributed by atoms with Crippen molar-refractivity contribution in [3.05, 3.63) is 0 Å². The van der Waals surface area contributed by atoms with E-state index >= 15 is 0 Å². The molecule has 1 aliphatic rings. The Hall–Kier alpha value is -0.180. The lowest BCUT2D eigenvalue weighted by atomic mass is 10.2. The minimum absolute atomic E-state index is 0.00579. The summed E-state index contributed by atoms with van der Waals surface area (Å²) in [5.74, 6) is -2.46. The van der Waals surface area contributed by atoms with Gasteiger partial charge in [-0.05, 0) is 6.92 Å². The Kier molecular flexibility index (Phi) is 1.23. The summed E-state index contributed by atoms with van der Waals surface area (Å²) in [4.78, 5) is 0. The summed E-state index contributed by atoms with van der Waals surface area (Å²) in [5.41, 5.74) is 0. The second-order valence-corrected chi connectivity index (χ2v) is 2.19. The van der Waals surface area contributed by atoms with Crippen molar-refractivity contribution in [3.8, 4) is 0 Å². The van der Waals surface area contributed by atoms with Crippen molar-refractivity contribution in [2.75, 3.05) is 6.54 Å². The molecule has 1 rings (SSSR count). The highest BCUT2D eigenvalue weighted by Gasteiger charge is 2.40. The minimum atomic E-state index is -2.46. The molecule has 1 saturated heterocycles. The molecule has 0 radical (unpaired) electrons. The Bertz CT molecular complexity index is 92.4. The predicted octanol–water partition coefficient (Wildman–Crippen LogP) is 1.00. The van der Waals surface area contributed by atoms with Crippen LogP contribution in [0.2, 0.25) is 0 Å². The van der Waals surface area contributed by atoms with Gasteiger partial charge in [0.05, 0.1) is 6.04 Å². The van der Waals surface area contributed by atoms with Gasteiger partial charge >= 0.3 is 0 Å². The van der Waals surface area contributed by atoms with Crippen molar-refractivity contribution in [2.45, 2.75) is 25.3 Å². The van der Waals surface area contributed by atoms with Gasteiger partial charge in [0.25, 0.3) is 5.92 Å². The molecule has 0 saturated carbocycles. The van der Waals surface area contributed by atoms with Crippen LogP contribution in [0.5, 0.6) is 0 Å². The van der Waals surface area contributed by atoms with Gasteiger partial charge in [0.1, 0.15) is 0 Å². The van der Waals surface area contributed by atoms with E-state index in [0.717, 1.165) is 0 Å². The van der Waals surface area contributed by atoms with Crippen LogP contribution in [0.25, 0.3) is 0 Å². The van der Waals surface area contributed by atoms with Crippen molar-refractivity contribution in [1.82, 2.24) is 5.32 Å². The zero-order valence-corrected chi connectivity index (χ0v) is 4.75. The fourth-order valence-electron chi connectivity index (χ4n) is 0.821. The molecule has 8 heavy (non-hydrogen) atoms. The molecular formula is C5H9F2N. The molecule has 0 amide bonds. The number of halogens is 2. The summed E-state index contributed by atoms with van der Waals surface area (Å²) < 4.78 is 24.6. The van der Waals surface area contributed by atoms with Crippen LogP contribution >= 0.6 is 0 Å².